The summed E-state index contributed by atoms with van der Waals surface area (Å²) in [5.41, 5.74) is 0.234. The molecule has 0 aliphatic rings. The third kappa shape index (κ3) is 3.27. The summed E-state index contributed by atoms with van der Waals surface area (Å²) < 4.78 is 20.6. The predicted molar refractivity (Wildman–Crippen MR) is 84.0 cm³/mol. The van der Waals surface area contributed by atoms with Gasteiger partial charge < -0.3 is 14.5 Å². The molecule has 0 radical (unpaired) electrons. The number of aromatic nitrogens is 4. The number of hydrogen-bond acceptors (Lipinski definition) is 7. The fraction of sp³-hybridized carbons (Fsp3) is 0.214. The Morgan fingerprint density at radius 3 is 2.92 bits per heavy atom. The number of imidazole rings is 1. The van der Waals surface area contributed by atoms with Crippen LogP contribution in [0.4, 0.5) is 10.2 Å². The Bertz CT molecular complexity index is 879. The monoisotopic (exact) mass is 349 g/mol. The highest BCUT2D eigenvalue weighted by Crippen LogP contribution is 2.25. The Morgan fingerprint density at radius 1 is 1.38 bits per heavy atom. The number of thioether (sulfide) groups is 1. The first kappa shape index (κ1) is 16.1. The first-order chi connectivity index (χ1) is 11.6. The smallest absolute Gasteiger partial charge is 0.342 e. The molecule has 10 heteroatoms. The van der Waals surface area contributed by atoms with E-state index in [1.807, 2.05) is 0 Å². The van der Waals surface area contributed by atoms with Crippen LogP contribution in [0.3, 0.4) is 0 Å². The van der Waals surface area contributed by atoms with Gasteiger partial charge in [-0.1, -0.05) is 23.9 Å². The Morgan fingerprint density at radius 2 is 2.17 bits per heavy atom. The summed E-state index contributed by atoms with van der Waals surface area (Å²) in [5.74, 6) is 0.616. The average Bonchev–Trinajstić information content (AvgIpc) is 3.15. The van der Waals surface area contributed by atoms with Gasteiger partial charge >= 0.3 is 5.82 Å². The Hall–Kier alpha value is -2.75. The zero-order valence-corrected chi connectivity index (χ0v) is 13.4. The molecular weight excluding hydrogens is 337 g/mol. The van der Waals surface area contributed by atoms with E-state index in [1.165, 1.54) is 28.6 Å². The van der Waals surface area contributed by atoms with Gasteiger partial charge in [-0.3, -0.25) is 0 Å². The lowest BCUT2D eigenvalue weighted by Gasteiger charge is -2.01. The van der Waals surface area contributed by atoms with Crippen LogP contribution in [0, 0.1) is 22.9 Å². The van der Waals surface area contributed by atoms with Crippen molar-refractivity contribution in [3.05, 3.63) is 52.2 Å². The second kappa shape index (κ2) is 6.79. The molecule has 0 aliphatic carbocycles. The summed E-state index contributed by atoms with van der Waals surface area (Å²) in [6, 6.07) is 6.12. The van der Waals surface area contributed by atoms with Crippen LogP contribution in [0.1, 0.15) is 5.82 Å². The minimum absolute atomic E-state index is 0.0642. The van der Waals surface area contributed by atoms with Gasteiger partial charge in [-0.2, -0.15) is 0 Å². The van der Waals surface area contributed by atoms with E-state index in [0.29, 0.717) is 18.1 Å². The molecule has 3 rings (SSSR count). The maximum Gasteiger partial charge on any atom is 0.342 e. The molecule has 1 aromatic carbocycles. The van der Waals surface area contributed by atoms with Crippen molar-refractivity contribution >= 4 is 17.6 Å². The molecule has 124 valence electrons. The van der Waals surface area contributed by atoms with E-state index in [-0.39, 0.29) is 22.5 Å². The van der Waals surface area contributed by atoms with E-state index >= 15 is 0 Å². The Labute approximate surface area is 139 Å². The van der Waals surface area contributed by atoms with Crippen LogP contribution >= 0.6 is 11.8 Å². The normalized spacial score (nSPS) is 10.9. The zero-order chi connectivity index (χ0) is 17.1. The standard InChI is InChI=1S/C14H12FN5O3S/c1-9-16-8-12(20(21)22)19(9)6-7-24-14-18-17-13(23-14)10-4-2-3-5-11(10)15/h2-5,8H,6-7H2,1H3. The van der Waals surface area contributed by atoms with E-state index in [0.717, 1.165) is 0 Å². The van der Waals surface area contributed by atoms with Gasteiger partial charge in [-0.05, 0) is 17.1 Å². The number of benzene rings is 1. The van der Waals surface area contributed by atoms with E-state index < -0.39 is 10.7 Å². The molecule has 24 heavy (non-hydrogen) atoms. The predicted octanol–water partition coefficient (Wildman–Crippen LogP) is 3.08. The number of aryl methyl sites for hydroxylation is 1. The van der Waals surface area contributed by atoms with Gasteiger partial charge in [-0.15, -0.1) is 10.2 Å². The zero-order valence-electron chi connectivity index (χ0n) is 12.5. The van der Waals surface area contributed by atoms with Gasteiger partial charge in [0.1, 0.15) is 18.6 Å². The number of nitrogens with zero attached hydrogens (tertiary/aromatic N) is 5. The minimum Gasteiger partial charge on any atom is -0.411 e. The number of nitro groups is 1. The van der Waals surface area contributed by atoms with Crippen LogP contribution in [0.2, 0.25) is 0 Å². The fourth-order valence-corrected chi connectivity index (χ4v) is 2.80. The maximum absolute atomic E-state index is 13.7. The summed E-state index contributed by atoms with van der Waals surface area (Å²) in [6.07, 6.45) is 1.23. The highest BCUT2D eigenvalue weighted by atomic mass is 32.2. The highest BCUT2D eigenvalue weighted by molar-refractivity contribution is 7.99. The van der Waals surface area contributed by atoms with Crippen molar-refractivity contribution in [2.24, 2.45) is 0 Å². The number of halogens is 1. The molecule has 2 aromatic heterocycles. The van der Waals surface area contributed by atoms with Crippen molar-refractivity contribution in [3.63, 3.8) is 0 Å². The lowest BCUT2D eigenvalue weighted by Crippen LogP contribution is -2.06. The van der Waals surface area contributed by atoms with Crippen molar-refractivity contribution in [2.45, 2.75) is 18.7 Å². The molecule has 0 unspecified atom stereocenters. The molecular formula is C14H12FN5O3S. The molecule has 0 spiro atoms. The fourth-order valence-electron chi connectivity index (χ4n) is 2.11. The molecule has 0 atom stereocenters. The largest absolute Gasteiger partial charge is 0.411 e. The Kier molecular flexibility index (Phi) is 4.56. The molecule has 8 nitrogen and oxygen atoms in total. The lowest BCUT2D eigenvalue weighted by molar-refractivity contribution is -0.392. The molecule has 0 N–H and O–H groups in total. The molecule has 3 aromatic rings. The molecule has 0 saturated heterocycles. The van der Waals surface area contributed by atoms with Gasteiger partial charge in [0.15, 0.2) is 5.82 Å². The first-order valence-corrected chi connectivity index (χ1v) is 7.92. The summed E-state index contributed by atoms with van der Waals surface area (Å²) in [5, 5.41) is 18.9. The van der Waals surface area contributed by atoms with Gasteiger partial charge in [0, 0.05) is 12.7 Å². The van der Waals surface area contributed by atoms with Gasteiger partial charge in [0.2, 0.25) is 0 Å². The van der Waals surface area contributed by atoms with Crippen LogP contribution in [-0.4, -0.2) is 30.4 Å². The van der Waals surface area contributed by atoms with Crippen molar-refractivity contribution in [1.82, 2.24) is 19.7 Å². The summed E-state index contributed by atoms with van der Waals surface area (Å²) in [4.78, 5) is 14.4. The van der Waals surface area contributed by atoms with Crippen molar-refractivity contribution < 1.29 is 13.7 Å². The van der Waals surface area contributed by atoms with Gasteiger partial charge in [0.25, 0.3) is 11.1 Å². The summed E-state index contributed by atoms with van der Waals surface area (Å²) in [7, 11) is 0. The molecule has 0 fully saturated rings. The van der Waals surface area contributed by atoms with Crippen LogP contribution in [0.25, 0.3) is 11.5 Å². The summed E-state index contributed by atoms with van der Waals surface area (Å²) >= 11 is 1.24. The molecule has 0 amide bonds. The third-order valence-corrected chi connectivity index (χ3v) is 4.07. The highest BCUT2D eigenvalue weighted by Gasteiger charge is 2.18. The van der Waals surface area contributed by atoms with Crippen molar-refractivity contribution in [2.75, 3.05) is 5.75 Å². The lowest BCUT2D eigenvalue weighted by atomic mass is 10.2. The van der Waals surface area contributed by atoms with Gasteiger partial charge in [-0.25, -0.2) is 13.9 Å². The van der Waals surface area contributed by atoms with E-state index in [4.69, 9.17) is 4.42 Å². The van der Waals surface area contributed by atoms with Crippen LogP contribution in [0.5, 0.6) is 0 Å². The molecule has 0 bridgehead atoms. The number of hydrogen-bond donors (Lipinski definition) is 0. The SMILES string of the molecule is Cc1ncc([N+](=O)[O-])n1CCSc1nnc(-c2ccccc2F)o1. The molecule has 0 saturated carbocycles. The van der Waals surface area contributed by atoms with Crippen LogP contribution < -0.4 is 0 Å². The minimum atomic E-state index is -0.479. The average molecular weight is 349 g/mol. The summed E-state index contributed by atoms with van der Waals surface area (Å²) in [6.45, 7) is 2.06. The van der Waals surface area contributed by atoms with Crippen molar-refractivity contribution in [1.29, 1.82) is 0 Å². The van der Waals surface area contributed by atoms with Gasteiger partial charge in [0.05, 0.1) is 5.56 Å². The molecule has 2 heterocycles. The van der Waals surface area contributed by atoms with Crippen molar-refractivity contribution in [3.8, 4) is 11.5 Å². The second-order valence-electron chi connectivity index (χ2n) is 4.77. The number of rotatable bonds is 6. The van der Waals surface area contributed by atoms with Crippen LogP contribution in [0.15, 0.2) is 40.1 Å². The third-order valence-electron chi connectivity index (χ3n) is 3.27. The second-order valence-corrected chi connectivity index (χ2v) is 5.82. The van der Waals surface area contributed by atoms with E-state index in [1.54, 1.807) is 25.1 Å². The maximum atomic E-state index is 13.7. The topological polar surface area (TPSA) is 99.9 Å². The Balaban J connectivity index is 1.66. The first-order valence-electron chi connectivity index (χ1n) is 6.94. The van der Waals surface area contributed by atoms with E-state index in [2.05, 4.69) is 15.2 Å². The molecule has 0 aliphatic heterocycles. The van der Waals surface area contributed by atoms with Crippen LogP contribution in [-0.2, 0) is 6.54 Å². The quantitative estimate of drug-likeness (QED) is 0.383. The van der Waals surface area contributed by atoms with E-state index in [9.17, 15) is 14.5 Å².